The van der Waals surface area contributed by atoms with Gasteiger partial charge in [0.1, 0.15) is 5.75 Å². The van der Waals surface area contributed by atoms with Crippen molar-refractivity contribution >= 4 is 17.9 Å². The summed E-state index contributed by atoms with van der Waals surface area (Å²) in [6, 6.07) is 7.87. The van der Waals surface area contributed by atoms with Crippen LogP contribution in [0.15, 0.2) is 42.2 Å². The molecule has 1 atom stereocenters. The normalized spacial score (nSPS) is 24.7. The summed E-state index contributed by atoms with van der Waals surface area (Å²) in [4.78, 5) is 30.0. The molecule has 0 N–H and O–H groups in total. The number of amides is 2. The summed E-state index contributed by atoms with van der Waals surface area (Å²) in [5.41, 5.74) is 1.09. The molecule has 2 amide bonds. The molecule has 3 aliphatic heterocycles. The number of hydrogen-bond donors (Lipinski definition) is 0. The van der Waals surface area contributed by atoms with Gasteiger partial charge in [-0.05, 0) is 51.3 Å². The molecule has 3 heterocycles. The highest BCUT2D eigenvalue weighted by atomic mass is 16.5. The number of carbonyl (C=O) groups is 2. The van der Waals surface area contributed by atoms with Gasteiger partial charge in [-0.25, -0.2) is 0 Å². The first-order valence-corrected chi connectivity index (χ1v) is 9.74. The molecule has 0 aromatic heterocycles. The molecular weight excluding hydrogens is 340 g/mol. The van der Waals surface area contributed by atoms with E-state index in [0.717, 1.165) is 37.1 Å². The third kappa shape index (κ3) is 3.15. The standard InChI is InChI=1S/C22H26N2O3/c1-16(2)24-11-5-9-22(21(24)26)10-12-23(15-22)20(25)18-8-13-27-19-7-4-3-6-17(19)14-18/h3-4,6-8,13-14,16H,5,9-12,15H2,1-2H3/t22-/m1/s1. The number of carbonyl (C=O) groups excluding carboxylic acids is 2. The minimum Gasteiger partial charge on any atom is -0.464 e. The molecule has 1 spiro atoms. The van der Waals surface area contributed by atoms with Crippen LogP contribution in [0.2, 0.25) is 0 Å². The Hall–Kier alpha value is -2.56. The molecule has 2 fully saturated rings. The maximum absolute atomic E-state index is 13.1. The summed E-state index contributed by atoms with van der Waals surface area (Å²) in [6.07, 6.45) is 7.79. The summed E-state index contributed by atoms with van der Waals surface area (Å²) in [6.45, 7) is 6.10. The molecule has 0 aliphatic carbocycles. The van der Waals surface area contributed by atoms with Crippen molar-refractivity contribution < 1.29 is 14.3 Å². The van der Waals surface area contributed by atoms with E-state index in [2.05, 4.69) is 13.8 Å². The number of likely N-dealkylation sites (tertiary alicyclic amines) is 2. The molecule has 2 saturated heterocycles. The fourth-order valence-corrected chi connectivity index (χ4v) is 4.44. The maximum Gasteiger partial charge on any atom is 0.254 e. The van der Waals surface area contributed by atoms with E-state index in [9.17, 15) is 9.59 Å². The molecule has 0 radical (unpaired) electrons. The first-order chi connectivity index (χ1) is 13.0. The van der Waals surface area contributed by atoms with Crippen molar-refractivity contribution in [1.29, 1.82) is 0 Å². The van der Waals surface area contributed by atoms with Crippen LogP contribution >= 0.6 is 0 Å². The Morgan fingerprint density at radius 2 is 2.00 bits per heavy atom. The Morgan fingerprint density at radius 1 is 1.19 bits per heavy atom. The molecule has 0 saturated carbocycles. The van der Waals surface area contributed by atoms with E-state index >= 15 is 0 Å². The summed E-state index contributed by atoms with van der Waals surface area (Å²) >= 11 is 0. The summed E-state index contributed by atoms with van der Waals surface area (Å²) < 4.78 is 5.59. The molecule has 27 heavy (non-hydrogen) atoms. The van der Waals surface area contributed by atoms with Crippen LogP contribution in [-0.4, -0.2) is 47.3 Å². The molecule has 1 aromatic rings. The zero-order chi connectivity index (χ0) is 19.0. The Bertz CT molecular complexity index is 827. The largest absolute Gasteiger partial charge is 0.464 e. The molecule has 1 aromatic carbocycles. The zero-order valence-corrected chi connectivity index (χ0v) is 16.0. The van der Waals surface area contributed by atoms with Crippen LogP contribution in [0.3, 0.4) is 0 Å². The van der Waals surface area contributed by atoms with E-state index in [-0.39, 0.29) is 17.9 Å². The van der Waals surface area contributed by atoms with Crippen molar-refractivity contribution in [2.75, 3.05) is 19.6 Å². The van der Waals surface area contributed by atoms with Gasteiger partial charge >= 0.3 is 0 Å². The first kappa shape index (κ1) is 17.8. The van der Waals surface area contributed by atoms with Gasteiger partial charge < -0.3 is 14.5 Å². The first-order valence-electron chi connectivity index (χ1n) is 9.74. The minimum absolute atomic E-state index is 0.0297. The number of para-hydroxylation sites is 1. The highest BCUT2D eigenvalue weighted by Crippen LogP contribution is 2.41. The second-order valence-corrected chi connectivity index (χ2v) is 8.01. The highest BCUT2D eigenvalue weighted by Gasteiger charge is 2.49. The Balaban J connectivity index is 1.55. The van der Waals surface area contributed by atoms with Crippen molar-refractivity contribution in [2.24, 2.45) is 5.41 Å². The van der Waals surface area contributed by atoms with Gasteiger partial charge in [-0.2, -0.15) is 0 Å². The lowest BCUT2D eigenvalue weighted by molar-refractivity contribution is -0.147. The molecule has 3 aliphatic rings. The van der Waals surface area contributed by atoms with E-state index in [1.165, 1.54) is 0 Å². The van der Waals surface area contributed by atoms with Gasteiger partial charge in [0.15, 0.2) is 0 Å². The Labute approximate surface area is 160 Å². The van der Waals surface area contributed by atoms with Crippen molar-refractivity contribution in [3.8, 4) is 5.75 Å². The van der Waals surface area contributed by atoms with Gasteiger partial charge in [-0.1, -0.05) is 18.2 Å². The average molecular weight is 366 g/mol. The van der Waals surface area contributed by atoms with E-state index in [4.69, 9.17) is 4.74 Å². The number of rotatable bonds is 2. The van der Waals surface area contributed by atoms with Crippen LogP contribution < -0.4 is 4.74 Å². The third-order valence-electron chi connectivity index (χ3n) is 5.95. The van der Waals surface area contributed by atoms with Crippen LogP contribution in [0.1, 0.15) is 38.7 Å². The fraction of sp³-hybridized carbons (Fsp3) is 0.455. The van der Waals surface area contributed by atoms with Crippen LogP contribution in [0, 0.1) is 5.41 Å². The fourth-order valence-electron chi connectivity index (χ4n) is 4.44. The van der Waals surface area contributed by atoms with E-state index in [0.29, 0.717) is 18.7 Å². The SMILES string of the molecule is CC(C)N1CCC[C@]2(CCN(C(=O)C3=Cc4ccccc4OC=C3)C2)C1=O. The Morgan fingerprint density at radius 3 is 2.81 bits per heavy atom. The van der Waals surface area contributed by atoms with E-state index in [1.807, 2.05) is 40.1 Å². The smallest absolute Gasteiger partial charge is 0.254 e. The number of benzene rings is 1. The predicted octanol–water partition coefficient (Wildman–Crippen LogP) is 3.23. The Kier molecular flexibility index (Phi) is 4.54. The monoisotopic (exact) mass is 366 g/mol. The van der Waals surface area contributed by atoms with E-state index < -0.39 is 5.41 Å². The topological polar surface area (TPSA) is 49.9 Å². The van der Waals surface area contributed by atoms with Gasteiger partial charge in [-0.3, -0.25) is 9.59 Å². The third-order valence-corrected chi connectivity index (χ3v) is 5.95. The molecule has 4 rings (SSSR count). The van der Waals surface area contributed by atoms with Crippen molar-refractivity contribution in [3.05, 3.63) is 47.7 Å². The molecule has 5 nitrogen and oxygen atoms in total. The number of hydrogen-bond acceptors (Lipinski definition) is 3. The van der Waals surface area contributed by atoms with Gasteiger partial charge in [0.2, 0.25) is 5.91 Å². The van der Waals surface area contributed by atoms with Gasteiger partial charge in [0.25, 0.3) is 5.91 Å². The van der Waals surface area contributed by atoms with Crippen LogP contribution in [0.4, 0.5) is 0 Å². The second kappa shape index (κ2) is 6.87. The molecule has 0 unspecified atom stereocenters. The number of ether oxygens (including phenoxy) is 1. The number of fused-ring (bicyclic) bond motifs is 1. The lowest BCUT2D eigenvalue weighted by atomic mass is 9.78. The highest BCUT2D eigenvalue weighted by molar-refractivity contribution is 6.01. The molecule has 142 valence electrons. The maximum atomic E-state index is 13.1. The van der Waals surface area contributed by atoms with Crippen LogP contribution in [-0.2, 0) is 9.59 Å². The van der Waals surface area contributed by atoms with Gasteiger partial charge in [0, 0.05) is 36.8 Å². The van der Waals surface area contributed by atoms with Gasteiger partial charge in [-0.15, -0.1) is 0 Å². The average Bonchev–Trinajstić information content (AvgIpc) is 2.96. The number of nitrogens with zero attached hydrogens (tertiary/aromatic N) is 2. The zero-order valence-electron chi connectivity index (χ0n) is 16.0. The summed E-state index contributed by atoms with van der Waals surface area (Å²) in [5, 5.41) is 0. The van der Waals surface area contributed by atoms with Crippen molar-refractivity contribution in [2.45, 2.75) is 39.2 Å². The summed E-state index contributed by atoms with van der Waals surface area (Å²) in [7, 11) is 0. The minimum atomic E-state index is -0.401. The predicted molar refractivity (Wildman–Crippen MR) is 104 cm³/mol. The van der Waals surface area contributed by atoms with Crippen molar-refractivity contribution in [1.82, 2.24) is 9.80 Å². The van der Waals surface area contributed by atoms with E-state index in [1.54, 1.807) is 12.3 Å². The van der Waals surface area contributed by atoms with Crippen LogP contribution in [0.5, 0.6) is 5.75 Å². The van der Waals surface area contributed by atoms with Crippen LogP contribution in [0.25, 0.3) is 6.08 Å². The molecular formula is C22H26N2O3. The van der Waals surface area contributed by atoms with Gasteiger partial charge in [0.05, 0.1) is 11.7 Å². The second-order valence-electron chi connectivity index (χ2n) is 8.01. The lowest BCUT2D eigenvalue weighted by Gasteiger charge is -2.41. The molecule has 5 heteroatoms. The quantitative estimate of drug-likeness (QED) is 0.807. The summed E-state index contributed by atoms with van der Waals surface area (Å²) in [5.74, 6) is 0.931. The molecule has 0 bridgehead atoms. The number of piperidine rings is 1. The van der Waals surface area contributed by atoms with Crippen molar-refractivity contribution in [3.63, 3.8) is 0 Å². The lowest BCUT2D eigenvalue weighted by Crippen LogP contribution is -2.52.